The van der Waals surface area contributed by atoms with Gasteiger partial charge in [-0.05, 0) is 24.3 Å². The zero-order valence-corrected chi connectivity index (χ0v) is 8.20. The number of hydrogen-bond donors (Lipinski definition) is 1. The monoisotopic (exact) mass is 216 g/mol. The number of aromatic carboxylic acids is 1. The van der Waals surface area contributed by atoms with Gasteiger partial charge in [-0.15, -0.1) is 0 Å². The van der Waals surface area contributed by atoms with Crippen LogP contribution >= 0.6 is 0 Å². The lowest BCUT2D eigenvalue weighted by atomic mass is 10.3. The lowest BCUT2D eigenvalue weighted by Crippen LogP contribution is -1.99. The SMILES string of the molecule is O=C(O)c1ccc(Oc2cccnc2)cn1. The van der Waals surface area contributed by atoms with Crippen LogP contribution in [0.4, 0.5) is 0 Å². The standard InChI is InChI=1S/C11H8N2O3/c14-11(15)10-4-3-9(7-13-10)16-8-2-1-5-12-6-8/h1-7H,(H,14,15). The Morgan fingerprint density at radius 1 is 1.19 bits per heavy atom. The van der Waals surface area contributed by atoms with Gasteiger partial charge in [0.05, 0.1) is 12.4 Å². The summed E-state index contributed by atoms with van der Waals surface area (Å²) in [6.07, 6.45) is 4.56. The molecule has 5 heteroatoms. The molecule has 0 fully saturated rings. The second-order valence-electron chi connectivity index (χ2n) is 2.98. The summed E-state index contributed by atoms with van der Waals surface area (Å²) in [6, 6.07) is 6.42. The van der Waals surface area contributed by atoms with Crippen molar-refractivity contribution in [2.75, 3.05) is 0 Å². The van der Waals surface area contributed by atoms with E-state index in [1.54, 1.807) is 30.6 Å². The van der Waals surface area contributed by atoms with E-state index in [1.165, 1.54) is 12.3 Å². The summed E-state index contributed by atoms with van der Waals surface area (Å²) in [4.78, 5) is 18.2. The molecule has 5 nitrogen and oxygen atoms in total. The van der Waals surface area contributed by atoms with Gasteiger partial charge in [-0.1, -0.05) is 0 Å². The van der Waals surface area contributed by atoms with Crippen LogP contribution in [-0.2, 0) is 0 Å². The largest absolute Gasteiger partial charge is 0.477 e. The Balaban J connectivity index is 2.14. The van der Waals surface area contributed by atoms with Gasteiger partial charge in [-0.3, -0.25) is 4.98 Å². The highest BCUT2D eigenvalue weighted by Gasteiger charge is 2.04. The summed E-state index contributed by atoms with van der Waals surface area (Å²) in [6.45, 7) is 0. The number of aromatic nitrogens is 2. The topological polar surface area (TPSA) is 72.3 Å². The fourth-order valence-electron chi connectivity index (χ4n) is 1.11. The van der Waals surface area contributed by atoms with Gasteiger partial charge in [-0.2, -0.15) is 0 Å². The van der Waals surface area contributed by atoms with E-state index in [1.807, 2.05) is 0 Å². The minimum Gasteiger partial charge on any atom is -0.477 e. The molecule has 0 aliphatic heterocycles. The van der Waals surface area contributed by atoms with Gasteiger partial charge in [0.1, 0.15) is 17.2 Å². The molecule has 16 heavy (non-hydrogen) atoms. The smallest absolute Gasteiger partial charge is 0.354 e. The highest BCUT2D eigenvalue weighted by atomic mass is 16.5. The second kappa shape index (κ2) is 4.39. The second-order valence-corrected chi connectivity index (χ2v) is 2.98. The van der Waals surface area contributed by atoms with Crippen LogP contribution in [0.15, 0.2) is 42.9 Å². The third kappa shape index (κ3) is 2.33. The van der Waals surface area contributed by atoms with Crippen LogP contribution in [0, 0.1) is 0 Å². The lowest BCUT2D eigenvalue weighted by molar-refractivity contribution is 0.0690. The molecule has 0 amide bonds. The first-order chi connectivity index (χ1) is 7.75. The molecule has 0 unspecified atom stereocenters. The Labute approximate surface area is 91.4 Å². The van der Waals surface area contributed by atoms with Crippen molar-refractivity contribution in [3.05, 3.63) is 48.5 Å². The number of hydrogen-bond acceptors (Lipinski definition) is 4. The van der Waals surface area contributed by atoms with Crippen molar-refractivity contribution in [3.8, 4) is 11.5 Å². The minimum absolute atomic E-state index is 0.0152. The number of carbonyl (C=O) groups is 1. The van der Waals surface area contributed by atoms with E-state index in [0.717, 1.165) is 0 Å². The van der Waals surface area contributed by atoms with E-state index >= 15 is 0 Å². The van der Waals surface area contributed by atoms with E-state index in [9.17, 15) is 4.79 Å². The molecule has 0 aromatic carbocycles. The van der Waals surface area contributed by atoms with Crippen molar-refractivity contribution in [1.82, 2.24) is 9.97 Å². The predicted octanol–water partition coefficient (Wildman–Crippen LogP) is 1.97. The fourth-order valence-corrected chi connectivity index (χ4v) is 1.11. The van der Waals surface area contributed by atoms with Crippen molar-refractivity contribution in [3.63, 3.8) is 0 Å². The molecule has 2 rings (SSSR count). The molecule has 0 aliphatic carbocycles. The summed E-state index contributed by atoms with van der Waals surface area (Å²) in [5.74, 6) is -0.0155. The molecule has 2 heterocycles. The Morgan fingerprint density at radius 3 is 2.56 bits per heavy atom. The molecule has 80 valence electrons. The van der Waals surface area contributed by atoms with Crippen LogP contribution in [0.5, 0.6) is 11.5 Å². The van der Waals surface area contributed by atoms with Crippen LogP contribution in [0.3, 0.4) is 0 Å². The molecule has 0 atom stereocenters. The zero-order valence-electron chi connectivity index (χ0n) is 8.20. The quantitative estimate of drug-likeness (QED) is 0.849. The summed E-state index contributed by atoms with van der Waals surface area (Å²) >= 11 is 0. The molecule has 0 aliphatic rings. The molecular weight excluding hydrogens is 208 g/mol. The van der Waals surface area contributed by atoms with E-state index in [0.29, 0.717) is 11.5 Å². The van der Waals surface area contributed by atoms with Crippen molar-refractivity contribution in [2.24, 2.45) is 0 Å². The average molecular weight is 216 g/mol. The van der Waals surface area contributed by atoms with Gasteiger partial charge in [-0.25, -0.2) is 9.78 Å². The number of pyridine rings is 2. The maximum absolute atomic E-state index is 10.6. The van der Waals surface area contributed by atoms with E-state index in [4.69, 9.17) is 9.84 Å². The van der Waals surface area contributed by atoms with E-state index in [-0.39, 0.29) is 5.69 Å². The number of ether oxygens (including phenoxy) is 1. The van der Waals surface area contributed by atoms with Gasteiger partial charge >= 0.3 is 5.97 Å². The summed E-state index contributed by atoms with van der Waals surface area (Å²) in [5.41, 5.74) is -0.0152. The molecule has 0 bridgehead atoms. The Morgan fingerprint density at radius 2 is 2.00 bits per heavy atom. The third-order valence-corrected chi connectivity index (χ3v) is 1.83. The summed E-state index contributed by atoms with van der Waals surface area (Å²) < 4.78 is 5.40. The Hall–Kier alpha value is -2.43. The summed E-state index contributed by atoms with van der Waals surface area (Å²) in [7, 11) is 0. The minimum atomic E-state index is -1.06. The van der Waals surface area contributed by atoms with E-state index in [2.05, 4.69) is 9.97 Å². The third-order valence-electron chi connectivity index (χ3n) is 1.83. The van der Waals surface area contributed by atoms with Gasteiger partial charge in [0.25, 0.3) is 0 Å². The maximum atomic E-state index is 10.6. The number of nitrogens with zero attached hydrogens (tertiary/aromatic N) is 2. The van der Waals surface area contributed by atoms with Crippen LogP contribution < -0.4 is 4.74 Å². The van der Waals surface area contributed by atoms with Crippen molar-refractivity contribution in [1.29, 1.82) is 0 Å². The fraction of sp³-hybridized carbons (Fsp3) is 0. The molecule has 0 saturated heterocycles. The Kier molecular flexibility index (Phi) is 2.77. The van der Waals surface area contributed by atoms with Crippen LogP contribution in [-0.4, -0.2) is 21.0 Å². The highest BCUT2D eigenvalue weighted by Crippen LogP contribution is 2.18. The predicted molar refractivity (Wildman–Crippen MR) is 55.5 cm³/mol. The summed E-state index contributed by atoms with van der Waals surface area (Å²) in [5, 5.41) is 8.65. The van der Waals surface area contributed by atoms with Crippen molar-refractivity contribution < 1.29 is 14.6 Å². The molecule has 0 radical (unpaired) electrons. The van der Waals surface area contributed by atoms with Crippen molar-refractivity contribution >= 4 is 5.97 Å². The number of carboxylic acid groups (broad SMARTS) is 1. The van der Waals surface area contributed by atoms with E-state index < -0.39 is 5.97 Å². The van der Waals surface area contributed by atoms with Crippen LogP contribution in [0.2, 0.25) is 0 Å². The normalized spacial score (nSPS) is 9.75. The highest BCUT2D eigenvalue weighted by molar-refractivity contribution is 5.85. The lowest BCUT2D eigenvalue weighted by Gasteiger charge is -2.03. The van der Waals surface area contributed by atoms with Gasteiger partial charge in [0.15, 0.2) is 0 Å². The molecule has 1 N–H and O–H groups in total. The zero-order chi connectivity index (χ0) is 11.4. The van der Waals surface area contributed by atoms with Gasteiger partial charge in [0.2, 0.25) is 0 Å². The molecule has 0 spiro atoms. The Bertz CT molecular complexity index is 482. The number of carboxylic acids is 1. The molecular formula is C11H8N2O3. The number of rotatable bonds is 3. The first-order valence-electron chi connectivity index (χ1n) is 4.53. The van der Waals surface area contributed by atoms with Gasteiger partial charge < -0.3 is 9.84 Å². The van der Waals surface area contributed by atoms with Crippen molar-refractivity contribution in [2.45, 2.75) is 0 Å². The van der Waals surface area contributed by atoms with Gasteiger partial charge in [0, 0.05) is 6.20 Å². The molecule has 2 aromatic heterocycles. The average Bonchev–Trinajstić information content (AvgIpc) is 2.31. The molecule has 0 saturated carbocycles. The molecule has 2 aromatic rings. The maximum Gasteiger partial charge on any atom is 0.354 e. The van der Waals surface area contributed by atoms with Crippen LogP contribution in [0.1, 0.15) is 10.5 Å². The van der Waals surface area contributed by atoms with Crippen LogP contribution in [0.25, 0.3) is 0 Å². The first-order valence-corrected chi connectivity index (χ1v) is 4.53. The first kappa shape index (κ1) is 10.1.